The maximum atomic E-state index is 12.2. The standard InChI is InChI=1S/C34H46ClN7O5S/c1-5-6-17-47-32(43)23-41-21-25(22-41)18-24-13-15-42(16-14-24)26-11-12-29(31(19-26)46-3)38-34-36-20-27(35)33(39-34)37-28-9-7-8-10-30(28)40(2)48(4,44)45/h7-12,19-20,24-25H,5-6,13-18,21-23H2,1-4H3,(H2,36,37,38,39). The quantitative estimate of drug-likeness (QED) is 0.145. The van der Waals surface area contributed by atoms with E-state index in [1.807, 2.05) is 12.1 Å². The second-order valence-electron chi connectivity index (χ2n) is 12.6. The molecule has 0 bridgehead atoms. The van der Waals surface area contributed by atoms with E-state index in [4.69, 9.17) is 21.1 Å². The van der Waals surface area contributed by atoms with Gasteiger partial charge in [0.2, 0.25) is 16.0 Å². The van der Waals surface area contributed by atoms with Gasteiger partial charge in [-0.3, -0.25) is 14.0 Å². The highest BCUT2D eigenvalue weighted by Crippen LogP contribution is 2.36. The van der Waals surface area contributed by atoms with E-state index in [9.17, 15) is 13.2 Å². The highest BCUT2D eigenvalue weighted by molar-refractivity contribution is 7.92. The topological polar surface area (TPSA) is 129 Å². The summed E-state index contributed by atoms with van der Waals surface area (Å²) in [7, 11) is -0.358. The molecule has 14 heteroatoms. The van der Waals surface area contributed by atoms with Crippen molar-refractivity contribution in [3.8, 4) is 5.75 Å². The van der Waals surface area contributed by atoms with E-state index in [1.165, 1.54) is 24.0 Å². The van der Waals surface area contributed by atoms with Gasteiger partial charge in [0, 0.05) is 45.0 Å². The molecule has 260 valence electrons. The average molecular weight is 700 g/mol. The summed E-state index contributed by atoms with van der Waals surface area (Å²) < 4.78 is 36.6. The Morgan fingerprint density at radius 3 is 2.54 bits per heavy atom. The number of piperidine rings is 1. The molecule has 3 heterocycles. The molecule has 0 unspecified atom stereocenters. The highest BCUT2D eigenvalue weighted by atomic mass is 35.5. The monoisotopic (exact) mass is 699 g/mol. The van der Waals surface area contributed by atoms with Crippen molar-refractivity contribution in [3.05, 3.63) is 53.7 Å². The van der Waals surface area contributed by atoms with Crippen LogP contribution >= 0.6 is 11.6 Å². The van der Waals surface area contributed by atoms with Gasteiger partial charge in [0.25, 0.3) is 0 Å². The molecule has 0 radical (unpaired) electrons. The third kappa shape index (κ3) is 9.20. The molecule has 2 N–H and O–H groups in total. The second-order valence-corrected chi connectivity index (χ2v) is 15.0. The molecule has 5 rings (SSSR count). The first-order valence-electron chi connectivity index (χ1n) is 16.4. The van der Waals surface area contributed by atoms with Gasteiger partial charge in [-0.1, -0.05) is 37.1 Å². The van der Waals surface area contributed by atoms with E-state index in [1.54, 1.807) is 31.4 Å². The number of aromatic nitrogens is 2. The van der Waals surface area contributed by atoms with Crippen molar-refractivity contribution >= 4 is 62.1 Å². The Balaban J connectivity index is 1.15. The Bertz CT molecular complexity index is 1660. The van der Waals surface area contributed by atoms with Crippen LogP contribution in [0.15, 0.2) is 48.7 Å². The number of anilines is 6. The smallest absolute Gasteiger partial charge is 0.320 e. The summed E-state index contributed by atoms with van der Waals surface area (Å²) >= 11 is 6.43. The fraction of sp³-hybridized carbons (Fsp3) is 0.500. The molecule has 0 atom stereocenters. The fourth-order valence-electron chi connectivity index (χ4n) is 6.19. The van der Waals surface area contributed by atoms with Gasteiger partial charge < -0.3 is 25.0 Å². The number of benzene rings is 2. The maximum absolute atomic E-state index is 12.2. The number of unbranched alkanes of at least 4 members (excludes halogenated alkanes) is 1. The molecule has 2 aliphatic rings. The highest BCUT2D eigenvalue weighted by Gasteiger charge is 2.32. The lowest BCUT2D eigenvalue weighted by Gasteiger charge is -2.42. The molecule has 0 spiro atoms. The zero-order chi connectivity index (χ0) is 34.3. The number of esters is 1. The van der Waals surface area contributed by atoms with E-state index < -0.39 is 10.0 Å². The van der Waals surface area contributed by atoms with E-state index in [0.29, 0.717) is 59.6 Å². The van der Waals surface area contributed by atoms with Crippen molar-refractivity contribution < 1.29 is 22.7 Å². The number of carbonyl (C=O) groups excluding carboxylic acids is 1. The van der Waals surface area contributed by atoms with Crippen LogP contribution in [-0.4, -0.2) is 89.0 Å². The number of hydrogen-bond donors (Lipinski definition) is 2. The van der Waals surface area contributed by atoms with Gasteiger partial charge in [0.1, 0.15) is 10.8 Å². The van der Waals surface area contributed by atoms with E-state index in [-0.39, 0.29) is 11.0 Å². The number of ether oxygens (including phenoxy) is 2. The minimum absolute atomic E-state index is 0.104. The van der Waals surface area contributed by atoms with Crippen LogP contribution in [0.25, 0.3) is 0 Å². The van der Waals surface area contributed by atoms with Crippen LogP contribution in [0.5, 0.6) is 5.75 Å². The van der Waals surface area contributed by atoms with Gasteiger partial charge in [-0.2, -0.15) is 4.98 Å². The molecule has 1 aromatic heterocycles. The molecule has 2 fully saturated rings. The molecule has 0 amide bonds. The zero-order valence-electron chi connectivity index (χ0n) is 28.1. The van der Waals surface area contributed by atoms with Crippen LogP contribution in [0.4, 0.5) is 34.5 Å². The molecule has 2 aliphatic heterocycles. The van der Waals surface area contributed by atoms with Crippen LogP contribution < -0.4 is 24.6 Å². The van der Waals surface area contributed by atoms with Gasteiger partial charge >= 0.3 is 5.97 Å². The van der Waals surface area contributed by atoms with Crippen molar-refractivity contribution in [1.82, 2.24) is 14.9 Å². The average Bonchev–Trinajstić information content (AvgIpc) is 3.05. The predicted molar refractivity (Wildman–Crippen MR) is 192 cm³/mol. The molecular formula is C34H46ClN7O5S. The van der Waals surface area contributed by atoms with Gasteiger partial charge in [-0.15, -0.1) is 0 Å². The largest absolute Gasteiger partial charge is 0.494 e. The van der Waals surface area contributed by atoms with Crippen LogP contribution in [-0.2, 0) is 19.6 Å². The number of halogens is 1. The molecule has 12 nitrogen and oxygen atoms in total. The summed E-state index contributed by atoms with van der Waals surface area (Å²) in [5.41, 5.74) is 2.78. The molecule has 0 saturated carbocycles. The first kappa shape index (κ1) is 35.5. The van der Waals surface area contributed by atoms with Crippen molar-refractivity contribution in [2.45, 2.75) is 39.0 Å². The normalized spacial score (nSPS) is 15.9. The molecule has 2 aromatic carbocycles. The number of para-hydroxylation sites is 2. The number of carbonyl (C=O) groups is 1. The lowest BCUT2D eigenvalue weighted by atomic mass is 9.83. The van der Waals surface area contributed by atoms with Crippen LogP contribution in [0.2, 0.25) is 5.02 Å². The molecule has 2 saturated heterocycles. The fourth-order valence-corrected chi connectivity index (χ4v) is 6.84. The van der Waals surface area contributed by atoms with E-state index >= 15 is 0 Å². The van der Waals surface area contributed by atoms with E-state index in [0.717, 1.165) is 63.8 Å². The Labute approximate surface area is 288 Å². The van der Waals surface area contributed by atoms with Crippen molar-refractivity contribution in [1.29, 1.82) is 0 Å². The number of methoxy groups -OCH3 is 1. The minimum Gasteiger partial charge on any atom is -0.494 e. The van der Waals surface area contributed by atoms with Gasteiger partial charge in [-0.05, 0) is 61.8 Å². The Kier molecular flexibility index (Phi) is 11.9. The van der Waals surface area contributed by atoms with Gasteiger partial charge in [0.15, 0.2) is 5.82 Å². The third-order valence-corrected chi connectivity index (χ3v) is 10.4. The van der Waals surface area contributed by atoms with Gasteiger partial charge in [0.05, 0.1) is 49.8 Å². The summed E-state index contributed by atoms with van der Waals surface area (Å²) in [5, 5.41) is 6.67. The molecular weight excluding hydrogens is 654 g/mol. The third-order valence-electron chi connectivity index (χ3n) is 8.96. The van der Waals surface area contributed by atoms with Crippen molar-refractivity contribution in [2.75, 3.05) is 79.6 Å². The maximum Gasteiger partial charge on any atom is 0.320 e. The number of sulfonamides is 1. The summed E-state index contributed by atoms with van der Waals surface area (Å²) in [5.74, 6) is 2.52. The van der Waals surface area contributed by atoms with E-state index in [2.05, 4.69) is 43.4 Å². The number of hydrogen-bond acceptors (Lipinski definition) is 11. The van der Waals surface area contributed by atoms with Crippen LogP contribution in [0.1, 0.15) is 39.0 Å². The first-order chi connectivity index (χ1) is 23.0. The lowest BCUT2D eigenvalue weighted by molar-refractivity contribution is -0.146. The SMILES string of the molecule is CCCCOC(=O)CN1CC(CC2CCN(c3ccc(Nc4ncc(Cl)c(Nc5ccccc5N(C)S(C)(=O)=O)n4)c(OC)c3)CC2)C1. The number of nitrogens with one attached hydrogen (secondary N) is 2. The Morgan fingerprint density at radius 2 is 1.83 bits per heavy atom. The lowest BCUT2D eigenvalue weighted by Crippen LogP contribution is -2.50. The Morgan fingerprint density at radius 1 is 1.08 bits per heavy atom. The Hall–Kier alpha value is -3.81. The van der Waals surface area contributed by atoms with Crippen molar-refractivity contribution in [2.24, 2.45) is 11.8 Å². The minimum atomic E-state index is -3.48. The van der Waals surface area contributed by atoms with Crippen LogP contribution in [0, 0.1) is 11.8 Å². The van der Waals surface area contributed by atoms with Crippen LogP contribution in [0.3, 0.4) is 0 Å². The molecule has 0 aliphatic carbocycles. The summed E-state index contributed by atoms with van der Waals surface area (Å²) in [6, 6.07) is 13.1. The second kappa shape index (κ2) is 16.1. The molecule has 48 heavy (non-hydrogen) atoms. The number of likely N-dealkylation sites (tertiary alicyclic amines) is 1. The predicted octanol–water partition coefficient (Wildman–Crippen LogP) is 5.90. The number of nitrogens with zero attached hydrogens (tertiary/aromatic N) is 5. The van der Waals surface area contributed by atoms with Crippen molar-refractivity contribution in [3.63, 3.8) is 0 Å². The first-order valence-corrected chi connectivity index (χ1v) is 18.7. The summed E-state index contributed by atoms with van der Waals surface area (Å²) in [6.45, 7) is 6.95. The zero-order valence-corrected chi connectivity index (χ0v) is 29.7. The van der Waals surface area contributed by atoms with Gasteiger partial charge in [-0.25, -0.2) is 13.4 Å². The number of rotatable bonds is 15. The summed E-state index contributed by atoms with van der Waals surface area (Å²) in [6.07, 6.45) is 8.06. The molecule has 3 aromatic rings. The summed E-state index contributed by atoms with van der Waals surface area (Å²) in [4.78, 5) is 25.5.